The number of hydrogen-bond acceptors (Lipinski definition) is 2. The minimum atomic E-state index is -2.51. The number of nitrogens with one attached hydrogen (secondary N) is 1. The van der Waals surface area contributed by atoms with Crippen LogP contribution in [0, 0.1) is 0 Å². The second-order valence-corrected chi connectivity index (χ2v) is 2.01. The van der Waals surface area contributed by atoms with Gasteiger partial charge in [0, 0.05) is 7.11 Å². The Bertz CT molecular complexity index is 130. The lowest BCUT2D eigenvalue weighted by Crippen LogP contribution is -2.36. The van der Waals surface area contributed by atoms with Crippen molar-refractivity contribution in [3.8, 4) is 0 Å². The van der Waals surface area contributed by atoms with Crippen LogP contribution in [-0.2, 0) is 9.53 Å². The molecule has 0 saturated carbocycles. The maximum absolute atomic E-state index is 11.5. The molecule has 0 aromatic rings. The molecule has 0 bridgehead atoms. The number of carbonyl (C=O) groups excluding carboxylic acids is 1. The Labute approximate surface area is 63.7 Å². The molecule has 0 aromatic carbocycles. The predicted molar refractivity (Wildman–Crippen MR) is 35.5 cm³/mol. The van der Waals surface area contributed by atoms with E-state index in [2.05, 4.69) is 4.74 Å². The largest absolute Gasteiger partial charge is 0.372 e. The Kier molecular flexibility index (Phi) is 4.69. The molecule has 0 aliphatic heterocycles. The molecule has 1 unspecified atom stereocenters. The topological polar surface area (TPSA) is 38.3 Å². The molecule has 0 aromatic heterocycles. The minimum Gasteiger partial charge on any atom is -0.372 e. The summed E-state index contributed by atoms with van der Waals surface area (Å²) in [5.41, 5.74) is 0. The van der Waals surface area contributed by atoms with E-state index >= 15 is 0 Å². The Hall–Kier alpha value is -0.710. The molecule has 1 amide bonds. The quantitative estimate of drug-likeness (QED) is 0.658. The number of rotatable bonds is 4. The van der Waals surface area contributed by atoms with Crippen LogP contribution in [0.4, 0.5) is 8.78 Å². The van der Waals surface area contributed by atoms with Gasteiger partial charge in [-0.3, -0.25) is 4.79 Å². The molecule has 0 spiro atoms. The summed E-state index contributed by atoms with van der Waals surface area (Å²) in [6.07, 6.45) is -3.18. The number of halogens is 2. The molecule has 0 heterocycles. The summed E-state index contributed by atoms with van der Waals surface area (Å²) in [4.78, 5) is 10.7. The Morgan fingerprint density at radius 3 is 2.55 bits per heavy atom. The second kappa shape index (κ2) is 5.01. The van der Waals surface area contributed by atoms with Crippen LogP contribution < -0.4 is 5.32 Å². The summed E-state index contributed by atoms with van der Waals surface area (Å²) in [5, 5.41) is 2.02. The van der Waals surface area contributed by atoms with Crippen molar-refractivity contribution in [2.24, 2.45) is 0 Å². The molecular formula is C6H11F2NO2. The SMILES string of the molecule is COC(C)C(=O)NCC(F)F. The van der Waals surface area contributed by atoms with Gasteiger partial charge >= 0.3 is 0 Å². The van der Waals surface area contributed by atoms with E-state index in [0.717, 1.165) is 0 Å². The van der Waals surface area contributed by atoms with Crippen LogP contribution in [0.5, 0.6) is 0 Å². The Morgan fingerprint density at radius 2 is 2.18 bits per heavy atom. The van der Waals surface area contributed by atoms with Crippen LogP contribution in [0.2, 0.25) is 0 Å². The van der Waals surface area contributed by atoms with E-state index in [-0.39, 0.29) is 0 Å². The van der Waals surface area contributed by atoms with Crippen molar-refractivity contribution >= 4 is 5.91 Å². The maximum atomic E-state index is 11.5. The highest BCUT2D eigenvalue weighted by Crippen LogP contribution is 1.90. The van der Waals surface area contributed by atoms with Crippen molar-refractivity contribution in [1.29, 1.82) is 0 Å². The molecule has 0 saturated heterocycles. The van der Waals surface area contributed by atoms with Crippen molar-refractivity contribution in [1.82, 2.24) is 5.32 Å². The fourth-order valence-corrected chi connectivity index (χ4v) is 0.429. The molecule has 11 heavy (non-hydrogen) atoms. The second-order valence-electron chi connectivity index (χ2n) is 2.01. The summed E-state index contributed by atoms with van der Waals surface area (Å²) >= 11 is 0. The van der Waals surface area contributed by atoms with E-state index in [9.17, 15) is 13.6 Å². The molecule has 5 heteroatoms. The molecule has 0 rings (SSSR count). The van der Waals surface area contributed by atoms with Gasteiger partial charge < -0.3 is 10.1 Å². The van der Waals surface area contributed by atoms with Crippen molar-refractivity contribution in [3.05, 3.63) is 0 Å². The minimum absolute atomic E-state index is 0.521. The van der Waals surface area contributed by atoms with Gasteiger partial charge in [-0.1, -0.05) is 0 Å². The van der Waals surface area contributed by atoms with E-state index in [4.69, 9.17) is 0 Å². The number of ether oxygens (including phenoxy) is 1. The first-order chi connectivity index (χ1) is 5.07. The Morgan fingerprint density at radius 1 is 1.64 bits per heavy atom. The number of amides is 1. The third-order valence-corrected chi connectivity index (χ3v) is 1.15. The highest BCUT2D eigenvalue weighted by Gasteiger charge is 2.12. The molecule has 66 valence electrons. The lowest BCUT2D eigenvalue weighted by atomic mass is 10.4. The van der Waals surface area contributed by atoms with Gasteiger partial charge in [0.15, 0.2) is 0 Å². The van der Waals surface area contributed by atoms with Crippen molar-refractivity contribution < 1.29 is 18.3 Å². The van der Waals surface area contributed by atoms with Crippen LogP contribution in [-0.4, -0.2) is 32.1 Å². The van der Waals surface area contributed by atoms with Gasteiger partial charge in [0.25, 0.3) is 6.43 Å². The average Bonchev–Trinajstić information content (AvgIpc) is 1.98. The summed E-state index contributed by atoms with van der Waals surface area (Å²) in [5.74, 6) is -0.521. The molecule has 0 aliphatic rings. The zero-order valence-corrected chi connectivity index (χ0v) is 6.43. The van der Waals surface area contributed by atoms with E-state index in [0.29, 0.717) is 0 Å². The van der Waals surface area contributed by atoms with Crippen LogP contribution in [0.1, 0.15) is 6.92 Å². The highest BCUT2D eigenvalue weighted by molar-refractivity contribution is 5.80. The smallest absolute Gasteiger partial charge is 0.255 e. The molecular weight excluding hydrogens is 156 g/mol. The number of methoxy groups -OCH3 is 1. The van der Waals surface area contributed by atoms with Gasteiger partial charge in [-0.15, -0.1) is 0 Å². The molecule has 1 atom stereocenters. The zero-order valence-electron chi connectivity index (χ0n) is 6.43. The number of carbonyl (C=O) groups is 1. The third kappa shape index (κ3) is 4.66. The Balaban J connectivity index is 3.52. The van der Waals surface area contributed by atoms with Crippen molar-refractivity contribution in [3.63, 3.8) is 0 Å². The van der Waals surface area contributed by atoms with Gasteiger partial charge in [-0.25, -0.2) is 8.78 Å². The monoisotopic (exact) mass is 167 g/mol. The first-order valence-corrected chi connectivity index (χ1v) is 3.16. The maximum Gasteiger partial charge on any atom is 0.255 e. The summed E-state index contributed by atoms with van der Waals surface area (Å²) in [6, 6.07) is 0. The fourth-order valence-electron chi connectivity index (χ4n) is 0.429. The van der Waals surface area contributed by atoms with Crippen molar-refractivity contribution in [2.75, 3.05) is 13.7 Å². The first-order valence-electron chi connectivity index (χ1n) is 3.16. The highest BCUT2D eigenvalue weighted by atomic mass is 19.3. The van der Waals surface area contributed by atoms with Gasteiger partial charge in [0.05, 0.1) is 6.54 Å². The summed E-state index contributed by atoms with van der Waals surface area (Å²) in [6.45, 7) is 0.868. The van der Waals surface area contributed by atoms with Crippen LogP contribution in [0.3, 0.4) is 0 Å². The lowest BCUT2D eigenvalue weighted by molar-refractivity contribution is -0.130. The van der Waals surface area contributed by atoms with Crippen LogP contribution in [0.25, 0.3) is 0 Å². The fraction of sp³-hybridized carbons (Fsp3) is 0.833. The van der Waals surface area contributed by atoms with Crippen LogP contribution >= 0.6 is 0 Å². The standard InChI is InChI=1S/C6H11F2NO2/c1-4(11-2)6(10)9-3-5(7)8/h4-5H,3H2,1-2H3,(H,9,10). The number of hydrogen-bond donors (Lipinski definition) is 1. The third-order valence-electron chi connectivity index (χ3n) is 1.15. The molecule has 0 radical (unpaired) electrons. The van der Waals surface area contributed by atoms with E-state index in [1.807, 2.05) is 5.32 Å². The van der Waals surface area contributed by atoms with Gasteiger partial charge in [-0.2, -0.15) is 0 Å². The molecule has 0 aliphatic carbocycles. The lowest BCUT2D eigenvalue weighted by Gasteiger charge is -2.09. The van der Waals surface area contributed by atoms with E-state index < -0.39 is 25.0 Å². The zero-order chi connectivity index (χ0) is 8.85. The van der Waals surface area contributed by atoms with Gasteiger partial charge in [0.1, 0.15) is 6.10 Å². The van der Waals surface area contributed by atoms with Gasteiger partial charge in [0.2, 0.25) is 5.91 Å². The van der Waals surface area contributed by atoms with Crippen LogP contribution in [0.15, 0.2) is 0 Å². The average molecular weight is 167 g/mol. The number of alkyl halides is 2. The first kappa shape index (κ1) is 10.3. The van der Waals surface area contributed by atoms with E-state index in [1.165, 1.54) is 14.0 Å². The molecule has 1 N–H and O–H groups in total. The summed E-state index contributed by atoms with van der Waals surface area (Å²) in [7, 11) is 1.34. The molecule has 3 nitrogen and oxygen atoms in total. The normalized spacial score (nSPS) is 13.2. The molecule has 0 fully saturated rings. The van der Waals surface area contributed by atoms with Crippen molar-refractivity contribution in [2.45, 2.75) is 19.5 Å². The summed E-state index contributed by atoms with van der Waals surface area (Å²) < 4.78 is 27.6. The predicted octanol–water partition coefficient (Wildman–Crippen LogP) is 0.403. The van der Waals surface area contributed by atoms with Gasteiger partial charge in [-0.05, 0) is 6.92 Å². The van der Waals surface area contributed by atoms with E-state index in [1.54, 1.807) is 0 Å².